The van der Waals surface area contributed by atoms with Gasteiger partial charge in [0.25, 0.3) is 0 Å². The van der Waals surface area contributed by atoms with Crippen molar-refractivity contribution in [3.63, 3.8) is 0 Å². The zero-order valence-electron chi connectivity index (χ0n) is 16.4. The van der Waals surface area contributed by atoms with Crippen molar-refractivity contribution in [3.8, 4) is 11.4 Å². The maximum absolute atomic E-state index is 13.4. The van der Waals surface area contributed by atoms with Gasteiger partial charge in [0.05, 0.1) is 4.90 Å². The minimum absolute atomic E-state index is 0.332. The second kappa shape index (κ2) is 7.80. The molecule has 1 aromatic heterocycles. The zero-order valence-corrected chi connectivity index (χ0v) is 18.0. The smallest absolute Gasteiger partial charge is 0.245 e. The van der Waals surface area contributed by atoms with Crippen molar-refractivity contribution in [2.24, 2.45) is 0 Å². The van der Waals surface area contributed by atoms with Gasteiger partial charge >= 0.3 is 0 Å². The van der Waals surface area contributed by atoms with Gasteiger partial charge in [0.2, 0.25) is 21.7 Å². The molecular weight excluding hydrogens is 422 g/mol. The van der Waals surface area contributed by atoms with Crippen LogP contribution in [0.5, 0.6) is 0 Å². The van der Waals surface area contributed by atoms with E-state index in [4.69, 9.17) is 16.1 Å². The molecule has 6 nitrogen and oxygen atoms in total. The molecule has 156 valence electrons. The quantitative estimate of drug-likeness (QED) is 0.579. The van der Waals surface area contributed by atoms with E-state index in [1.807, 2.05) is 24.3 Å². The van der Waals surface area contributed by atoms with Gasteiger partial charge in [-0.05, 0) is 86.1 Å². The number of fused-ring (bicyclic) bond motifs is 1. The van der Waals surface area contributed by atoms with Gasteiger partial charge in [-0.3, -0.25) is 0 Å². The maximum atomic E-state index is 13.4. The fraction of sp³-hybridized carbons (Fsp3) is 0.364. The first-order chi connectivity index (χ1) is 14.5. The standard InChI is InChI=1S/C22H22ClN3O3S/c23-18-10-7-16(8-11-18)21-24-22(29-25-21)20-6-3-13-26(20)30(27,28)19-12-9-15-4-1-2-5-17(15)14-19/h7-12,14,20H,1-6,13H2/t20-/m1/s1. The van der Waals surface area contributed by atoms with Crippen molar-refractivity contribution in [2.45, 2.75) is 49.5 Å². The van der Waals surface area contributed by atoms with Crippen LogP contribution in [0.25, 0.3) is 11.4 Å². The van der Waals surface area contributed by atoms with Gasteiger partial charge in [-0.1, -0.05) is 22.8 Å². The molecule has 1 atom stereocenters. The van der Waals surface area contributed by atoms with Gasteiger partial charge in [-0.15, -0.1) is 0 Å². The Labute approximate surface area is 180 Å². The third kappa shape index (κ3) is 3.55. The molecule has 0 bridgehead atoms. The number of rotatable bonds is 4. The molecule has 1 fully saturated rings. The fourth-order valence-electron chi connectivity index (χ4n) is 4.37. The van der Waals surface area contributed by atoms with E-state index in [1.54, 1.807) is 18.2 Å². The second-order valence-corrected chi connectivity index (χ2v) is 10.2. The highest BCUT2D eigenvalue weighted by atomic mass is 35.5. The average Bonchev–Trinajstić information content (AvgIpc) is 3.44. The summed E-state index contributed by atoms with van der Waals surface area (Å²) in [6.07, 6.45) is 5.66. The first kappa shape index (κ1) is 19.7. The van der Waals surface area contributed by atoms with Crippen LogP contribution in [-0.4, -0.2) is 29.4 Å². The lowest BCUT2D eigenvalue weighted by atomic mass is 9.92. The molecule has 0 N–H and O–H groups in total. The van der Waals surface area contributed by atoms with Gasteiger partial charge in [0.1, 0.15) is 6.04 Å². The molecular formula is C22H22ClN3O3S. The molecule has 2 aromatic carbocycles. The largest absolute Gasteiger partial charge is 0.337 e. The Morgan fingerprint density at radius 1 is 1.00 bits per heavy atom. The highest BCUT2D eigenvalue weighted by Gasteiger charge is 2.39. The summed E-state index contributed by atoms with van der Waals surface area (Å²) >= 11 is 5.94. The van der Waals surface area contributed by atoms with E-state index in [0.717, 1.165) is 36.8 Å². The number of hydrogen-bond acceptors (Lipinski definition) is 5. The van der Waals surface area contributed by atoms with E-state index >= 15 is 0 Å². The molecule has 2 aliphatic rings. The van der Waals surface area contributed by atoms with E-state index in [-0.39, 0.29) is 0 Å². The minimum atomic E-state index is -3.64. The normalized spacial score (nSPS) is 19.7. The number of aromatic nitrogens is 2. The maximum Gasteiger partial charge on any atom is 0.245 e. The molecule has 2 heterocycles. The van der Waals surface area contributed by atoms with Crippen LogP contribution in [0.2, 0.25) is 5.02 Å². The highest BCUT2D eigenvalue weighted by Crippen LogP contribution is 2.37. The Kier molecular flexibility index (Phi) is 5.13. The van der Waals surface area contributed by atoms with E-state index in [9.17, 15) is 8.42 Å². The third-order valence-electron chi connectivity index (χ3n) is 5.96. The zero-order chi connectivity index (χ0) is 20.7. The average molecular weight is 444 g/mol. The lowest BCUT2D eigenvalue weighted by molar-refractivity contribution is 0.290. The van der Waals surface area contributed by atoms with E-state index in [2.05, 4.69) is 10.1 Å². The summed E-state index contributed by atoms with van der Waals surface area (Å²) in [6.45, 7) is 0.447. The first-order valence-corrected chi connectivity index (χ1v) is 12.1. The number of halogens is 1. The summed E-state index contributed by atoms with van der Waals surface area (Å²) in [4.78, 5) is 4.85. The van der Waals surface area contributed by atoms with Gasteiger partial charge in [0.15, 0.2) is 0 Å². The predicted octanol–water partition coefficient (Wildman–Crippen LogP) is 4.79. The molecule has 30 heavy (non-hydrogen) atoms. The predicted molar refractivity (Wildman–Crippen MR) is 114 cm³/mol. The van der Waals surface area contributed by atoms with Crippen LogP contribution in [0, 0.1) is 0 Å². The number of nitrogens with zero attached hydrogens (tertiary/aromatic N) is 3. The van der Waals surface area contributed by atoms with Gasteiger partial charge in [-0.2, -0.15) is 9.29 Å². The van der Waals surface area contributed by atoms with Crippen LogP contribution in [-0.2, 0) is 22.9 Å². The van der Waals surface area contributed by atoms with Crippen molar-refractivity contribution in [1.82, 2.24) is 14.4 Å². The Morgan fingerprint density at radius 2 is 1.77 bits per heavy atom. The summed E-state index contributed by atoms with van der Waals surface area (Å²) in [5, 5.41) is 4.68. The number of benzene rings is 2. The van der Waals surface area contributed by atoms with Gasteiger partial charge < -0.3 is 4.52 Å². The van der Waals surface area contributed by atoms with Crippen LogP contribution >= 0.6 is 11.6 Å². The second-order valence-electron chi connectivity index (χ2n) is 7.87. The Morgan fingerprint density at radius 3 is 2.57 bits per heavy atom. The molecule has 1 aliphatic carbocycles. The van der Waals surface area contributed by atoms with Gasteiger partial charge in [-0.25, -0.2) is 8.42 Å². The summed E-state index contributed by atoms with van der Waals surface area (Å²) < 4.78 is 33.9. The minimum Gasteiger partial charge on any atom is -0.337 e. The van der Waals surface area contributed by atoms with Crippen molar-refractivity contribution in [3.05, 3.63) is 64.5 Å². The molecule has 0 radical (unpaired) electrons. The van der Waals surface area contributed by atoms with Crippen LogP contribution in [0.3, 0.4) is 0 Å². The number of hydrogen-bond donors (Lipinski definition) is 0. The van der Waals surface area contributed by atoms with Crippen molar-refractivity contribution >= 4 is 21.6 Å². The molecule has 1 saturated heterocycles. The van der Waals surface area contributed by atoms with E-state index in [1.165, 1.54) is 16.3 Å². The van der Waals surface area contributed by atoms with Crippen molar-refractivity contribution in [1.29, 1.82) is 0 Å². The van der Waals surface area contributed by atoms with Crippen molar-refractivity contribution in [2.75, 3.05) is 6.54 Å². The molecule has 1 aliphatic heterocycles. The number of sulfonamides is 1. The monoisotopic (exact) mass is 443 g/mol. The molecule has 0 unspecified atom stereocenters. The lowest BCUT2D eigenvalue weighted by Gasteiger charge is -2.23. The molecule has 3 aromatic rings. The highest BCUT2D eigenvalue weighted by molar-refractivity contribution is 7.89. The summed E-state index contributed by atoms with van der Waals surface area (Å²) in [6, 6.07) is 12.3. The molecule has 5 rings (SSSR count). The Balaban J connectivity index is 1.44. The summed E-state index contributed by atoms with van der Waals surface area (Å²) in [5.41, 5.74) is 3.19. The van der Waals surface area contributed by atoms with E-state index in [0.29, 0.717) is 34.6 Å². The Bertz CT molecular complexity index is 1170. The molecule has 8 heteroatoms. The van der Waals surface area contributed by atoms with Crippen molar-refractivity contribution < 1.29 is 12.9 Å². The Hall–Kier alpha value is -2.22. The number of aryl methyl sites for hydroxylation is 2. The van der Waals surface area contributed by atoms with Crippen LogP contribution in [0.4, 0.5) is 0 Å². The van der Waals surface area contributed by atoms with E-state index < -0.39 is 16.1 Å². The summed E-state index contributed by atoms with van der Waals surface area (Å²) in [5.74, 6) is 0.763. The molecule has 0 saturated carbocycles. The topological polar surface area (TPSA) is 76.3 Å². The van der Waals surface area contributed by atoms with Gasteiger partial charge in [0, 0.05) is 17.1 Å². The molecule has 0 amide bonds. The first-order valence-electron chi connectivity index (χ1n) is 10.3. The van der Waals surface area contributed by atoms with Crippen LogP contribution in [0.15, 0.2) is 51.9 Å². The van der Waals surface area contributed by atoms with Crippen LogP contribution < -0.4 is 0 Å². The summed E-state index contributed by atoms with van der Waals surface area (Å²) in [7, 11) is -3.64. The van der Waals surface area contributed by atoms with Crippen LogP contribution in [0.1, 0.15) is 48.7 Å². The lowest BCUT2D eigenvalue weighted by Crippen LogP contribution is -2.31. The third-order valence-corrected chi connectivity index (χ3v) is 8.12. The SMILES string of the molecule is O=S(=O)(c1ccc2c(c1)CCCC2)N1CCC[C@@H]1c1nc(-c2ccc(Cl)cc2)no1. The molecule has 0 spiro atoms. The fourth-order valence-corrected chi connectivity index (χ4v) is 6.20.